The second-order valence-electron chi connectivity index (χ2n) is 4.06. The molecule has 2 rings (SSSR count). The molecule has 0 amide bonds. The number of aromatic carboxylic acids is 1. The Morgan fingerprint density at radius 1 is 1.42 bits per heavy atom. The summed E-state index contributed by atoms with van der Waals surface area (Å²) in [6.07, 6.45) is 0. The zero-order valence-electron chi connectivity index (χ0n) is 10.5. The van der Waals surface area contributed by atoms with Crippen molar-refractivity contribution in [1.82, 2.24) is 0 Å². The van der Waals surface area contributed by atoms with Crippen LogP contribution < -0.4 is 4.90 Å². The molecule has 1 heterocycles. The van der Waals surface area contributed by atoms with Gasteiger partial charge >= 0.3 is 5.97 Å². The van der Waals surface area contributed by atoms with Crippen molar-refractivity contribution in [2.24, 2.45) is 0 Å². The summed E-state index contributed by atoms with van der Waals surface area (Å²) in [4.78, 5) is 13.8. The number of anilines is 1. The topological polar surface area (TPSA) is 40.5 Å². The highest BCUT2D eigenvalue weighted by Gasteiger charge is 2.13. The minimum atomic E-state index is -1.12. The SMILES string of the molecule is CCN(Cc1cccs1)c1ccc(C(=O)O)cc1F. The highest BCUT2D eigenvalue weighted by molar-refractivity contribution is 7.09. The number of thiophene rings is 1. The third-order valence-electron chi connectivity index (χ3n) is 2.84. The molecule has 5 heteroatoms. The molecule has 0 saturated carbocycles. The molecule has 0 atom stereocenters. The zero-order chi connectivity index (χ0) is 13.8. The average molecular weight is 279 g/mol. The van der Waals surface area contributed by atoms with E-state index in [9.17, 15) is 9.18 Å². The lowest BCUT2D eigenvalue weighted by Gasteiger charge is -2.23. The molecule has 19 heavy (non-hydrogen) atoms. The first-order valence-electron chi connectivity index (χ1n) is 5.92. The molecule has 100 valence electrons. The van der Waals surface area contributed by atoms with E-state index in [1.807, 2.05) is 29.3 Å². The molecule has 2 aromatic rings. The molecule has 0 aliphatic carbocycles. The Morgan fingerprint density at radius 2 is 2.21 bits per heavy atom. The van der Waals surface area contributed by atoms with Gasteiger partial charge in [0, 0.05) is 11.4 Å². The van der Waals surface area contributed by atoms with Crippen molar-refractivity contribution in [3.8, 4) is 0 Å². The lowest BCUT2D eigenvalue weighted by molar-refractivity contribution is 0.0696. The fourth-order valence-electron chi connectivity index (χ4n) is 1.85. The lowest BCUT2D eigenvalue weighted by atomic mass is 10.2. The van der Waals surface area contributed by atoms with Crippen molar-refractivity contribution in [1.29, 1.82) is 0 Å². The second kappa shape index (κ2) is 5.84. The number of rotatable bonds is 5. The van der Waals surface area contributed by atoms with E-state index in [4.69, 9.17) is 5.11 Å². The van der Waals surface area contributed by atoms with Crippen molar-refractivity contribution in [2.45, 2.75) is 13.5 Å². The van der Waals surface area contributed by atoms with E-state index < -0.39 is 11.8 Å². The predicted molar refractivity (Wildman–Crippen MR) is 74.4 cm³/mol. The third-order valence-corrected chi connectivity index (χ3v) is 3.70. The lowest BCUT2D eigenvalue weighted by Crippen LogP contribution is -2.22. The van der Waals surface area contributed by atoms with Crippen LogP contribution in [0.1, 0.15) is 22.2 Å². The van der Waals surface area contributed by atoms with Crippen LogP contribution in [0.5, 0.6) is 0 Å². The molecule has 1 aromatic carbocycles. The zero-order valence-corrected chi connectivity index (χ0v) is 11.3. The van der Waals surface area contributed by atoms with E-state index >= 15 is 0 Å². The van der Waals surface area contributed by atoms with Gasteiger partial charge in [0.25, 0.3) is 0 Å². The van der Waals surface area contributed by atoms with Crippen LogP contribution in [0.4, 0.5) is 10.1 Å². The number of carbonyl (C=O) groups is 1. The molecule has 3 nitrogen and oxygen atoms in total. The van der Waals surface area contributed by atoms with Crippen LogP contribution in [-0.4, -0.2) is 17.6 Å². The Hall–Kier alpha value is -1.88. The first kappa shape index (κ1) is 13.5. The number of hydrogen-bond acceptors (Lipinski definition) is 3. The van der Waals surface area contributed by atoms with Gasteiger partial charge in [-0.2, -0.15) is 0 Å². The molecule has 0 aliphatic rings. The quantitative estimate of drug-likeness (QED) is 0.909. The number of benzene rings is 1. The van der Waals surface area contributed by atoms with Gasteiger partial charge in [-0.3, -0.25) is 0 Å². The van der Waals surface area contributed by atoms with Crippen LogP contribution in [0.25, 0.3) is 0 Å². The fourth-order valence-corrected chi connectivity index (χ4v) is 2.57. The molecule has 1 aromatic heterocycles. The highest BCUT2D eigenvalue weighted by atomic mass is 32.1. The van der Waals surface area contributed by atoms with Crippen LogP contribution in [0.2, 0.25) is 0 Å². The number of carboxylic acid groups (broad SMARTS) is 1. The maximum atomic E-state index is 14.0. The minimum Gasteiger partial charge on any atom is -0.478 e. The molecular formula is C14H14FNO2S. The van der Waals surface area contributed by atoms with Crippen molar-refractivity contribution in [3.63, 3.8) is 0 Å². The Labute approximate surface area is 114 Å². The van der Waals surface area contributed by atoms with Crippen molar-refractivity contribution in [3.05, 3.63) is 52.0 Å². The van der Waals surface area contributed by atoms with E-state index in [0.29, 0.717) is 18.8 Å². The first-order valence-corrected chi connectivity index (χ1v) is 6.80. The Morgan fingerprint density at radius 3 is 2.74 bits per heavy atom. The van der Waals surface area contributed by atoms with Gasteiger partial charge in [0.1, 0.15) is 5.82 Å². The van der Waals surface area contributed by atoms with Gasteiger partial charge in [-0.1, -0.05) is 6.07 Å². The van der Waals surface area contributed by atoms with Crippen molar-refractivity contribution < 1.29 is 14.3 Å². The molecule has 0 unspecified atom stereocenters. The summed E-state index contributed by atoms with van der Waals surface area (Å²) in [5.41, 5.74) is 0.398. The second-order valence-corrected chi connectivity index (χ2v) is 5.10. The highest BCUT2D eigenvalue weighted by Crippen LogP contribution is 2.23. The standard InChI is InChI=1S/C14H14FNO2S/c1-2-16(9-11-4-3-7-19-11)13-6-5-10(14(17)18)8-12(13)15/h3-8H,2,9H2,1H3,(H,17,18). The average Bonchev–Trinajstić information content (AvgIpc) is 2.89. The van der Waals surface area contributed by atoms with Crippen LogP contribution in [0.3, 0.4) is 0 Å². The monoisotopic (exact) mass is 279 g/mol. The third kappa shape index (κ3) is 3.12. The van der Waals surface area contributed by atoms with Gasteiger partial charge in [-0.25, -0.2) is 9.18 Å². The summed E-state index contributed by atoms with van der Waals surface area (Å²) in [5.74, 6) is -1.62. The summed E-state index contributed by atoms with van der Waals surface area (Å²) >= 11 is 1.62. The number of halogens is 1. The van der Waals surface area contributed by atoms with Gasteiger partial charge in [0.2, 0.25) is 0 Å². The van der Waals surface area contributed by atoms with Crippen LogP contribution in [0, 0.1) is 5.82 Å². The maximum absolute atomic E-state index is 14.0. The van der Waals surface area contributed by atoms with Crippen LogP contribution in [0.15, 0.2) is 35.7 Å². The predicted octanol–water partition coefficient (Wildman–Crippen LogP) is 3.61. The van der Waals surface area contributed by atoms with E-state index in [0.717, 1.165) is 10.9 Å². The van der Waals surface area contributed by atoms with Crippen LogP contribution >= 0.6 is 11.3 Å². The normalized spacial score (nSPS) is 10.4. The number of hydrogen-bond donors (Lipinski definition) is 1. The summed E-state index contributed by atoms with van der Waals surface area (Å²) in [5, 5.41) is 10.8. The smallest absolute Gasteiger partial charge is 0.335 e. The van der Waals surface area contributed by atoms with Gasteiger partial charge < -0.3 is 10.0 Å². The van der Waals surface area contributed by atoms with Crippen LogP contribution in [-0.2, 0) is 6.54 Å². The molecular weight excluding hydrogens is 265 g/mol. The van der Waals surface area contributed by atoms with Gasteiger partial charge in [0.05, 0.1) is 17.8 Å². The molecule has 0 fully saturated rings. The summed E-state index contributed by atoms with van der Waals surface area (Å²) < 4.78 is 14.0. The largest absolute Gasteiger partial charge is 0.478 e. The maximum Gasteiger partial charge on any atom is 0.335 e. The van der Waals surface area contributed by atoms with Crippen molar-refractivity contribution >= 4 is 23.0 Å². The Bertz CT molecular complexity index is 569. The van der Waals surface area contributed by atoms with E-state index in [1.54, 1.807) is 11.3 Å². The molecule has 0 aliphatic heterocycles. The molecule has 0 saturated heterocycles. The van der Waals surface area contributed by atoms with E-state index in [-0.39, 0.29) is 5.56 Å². The minimum absolute atomic E-state index is 0.0339. The molecule has 0 spiro atoms. The molecule has 0 radical (unpaired) electrons. The number of nitrogens with zero attached hydrogens (tertiary/aromatic N) is 1. The fraction of sp³-hybridized carbons (Fsp3) is 0.214. The molecule has 1 N–H and O–H groups in total. The van der Waals surface area contributed by atoms with E-state index in [1.165, 1.54) is 12.1 Å². The van der Waals surface area contributed by atoms with E-state index in [2.05, 4.69) is 0 Å². The van der Waals surface area contributed by atoms with Gasteiger partial charge in [0.15, 0.2) is 0 Å². The van der Waals surface area contributed by atoms with Gasteiger partial charge in [-0.05, 0) is 36.6 Å². The first-order chi connectivity index (χ1) is 9.11. The van der Waals surface area contributed by atoms with Crippen molar-refractivity contribution in [2.75, 3.05) is 11.4 Å². The summed E-state index contributed by atoms with van der Waals surface area (Å²) in [6, 6.07) is 7.97. The summed E-state index contributed by atoms with van der Waals surface area (Å²) in [6.45, 7) is 3.22. The Kier molecular flexibility index (Phi) is 4.16. The van der Waals surface area contributed by atoms with Gasteiger partial charge in [-0.15, -0.1) is 11.3 Å². The Balaban J connectivity index is 2.25. The molecule has 0 bridgehead atoms. The number of carboxylic acids is 1. The summed E-state index contributed by atoms with van der Waals surface area (Å²) in [7, 11) is 0.